The highest BCUT2D eigenvalue weighted by atomic mass is 32.1. The summed E-state index contributed by atoms with van der Waals surface area (Å²) in [6, 6.07) is 33.8. The fourth-order valence-electron chi connectivity index (χ4n) is 3.85. The van der Waals surface area contributed by atoms with Crippen molar-refractivity contribution in [3.8, 4) is 16.9 Å². The van der Waals surface area contributed by atoms with E-state index in [-0.39, 0.29) is 5.91 Å². The van der Waals surface area contributed by atoms with E-state index in [9.17, 15) is 4.79 Å². The van der Waals surface area contributed by atoms with Crippen molar-refractivity contribution in [2.75, 3.05) is 11.5 Å². The van der Waals surface area contributed by atoms with Gasteiger partial charge >= 0.3 is 0 Å². The number of amides is 1. The SMILES string of the molecule is CCOc1ccc2nc(N(Cc3ccccc3)C(=O)c3ccc(-c4ccccc4)cc3)sc2c1. The Balaban J connectivity index is 1.49. The van der Waals surface area contributed by atoms with Gasteiger partial charge in [-0.2, -0.15) is 0 Å². The average molecular weight is 465 g/mol. The summed E-state index contributed by atoms with van der Waals surface area (Å²) in [5.74, 6) is 0.732. The van der Waals surface area contributed by atoms with Gasteiger partial charge in [0.1, 0.15) is 5.75 Å². The van der Waals surface area contributed by atoms with E-state index in [4.69, 9.17) is 9.72 Å². The van der Waals surface area contributed by atoms with E-state index in [0.29, 0.717) is 23.8 Å². The zero-order valence-electron chi connectivity index (χ0n) is 18.8. The number of fused-ring (bicyclic) bond motifs is 1. The first-order chi connectivity index (χ1) is 16.7. The number of hydrogen-bond donors (Lipinski definition) is 0. The first-order valence-electron chi connectivity index (χ1n) is 11.3. The molecule has 0 aliphatic rings. The number of anilines is 1. The van der Waals surface area contributed by atoms with Crippen molar-refractivity contribution in [1.82, 2.24) is 4.98 Å². The lowest BCUT2D eigenvalue weighted by Gasteiger charge is -2.20. The predicted octanol–water partition coefficient (Wildman–Crippen LogP) is 7.21. The van der Waals surface area contributed by atoms with Crippen molar-refractivity contribution in [3.05, 3.63) is 114 Å². The van der Waals surface area contributed by atoms with Crippen LogP contribution in [-0.2, 0) is 6.54 Å². The standard InChI is InChI=1S/C29H24N2O2S/c1-2-33-25-17-18-26-27(19-25)34-29(30-26)31(20-21-9-5-3-6-10-21)28(32)24-15-13-23(14-16-24)22-11-7-4-8-12-22/h3-19H,2,20H2,1H3. The minimum atomic E-state index is -0.0763. The van der Waals surface area contributed by atoms with Crippen molar-refractivity contribution in [2.24, 2.45) is 0 Å². The van der Waals surface area contributed by atoms with Gasteiger partial charge in [0.05, 0.1) is 23.4 Å². The number of carbonyl (C=O) groups is 1. The lowest BCUT2D eigenvalue weighted by atomic mass is 10.0. The Kier molecular flexibility index (Phi) is 6.36. The molecule has 0 aliphatic carbocycles. The van der Waals surface area contributed by atoms with Gasteiger partial charge in [-0.05, 0) is 53.9 Å². The molecule has 0 aliphatic heterocycles. The largest absolute Gasteiger partial charge is 0.494 e. The number of nitrogens with zero attached hydrogens (tertiary/aromatic N) is 2. The highest BCUT2D eigenvalue weighted by Crippen LogP contribution is 2.33. The van der Waals surface area contributed by atoms with Crippen LogP contribution < -0.4 is 9.64 Å². The second-order valence-electron chi connectivity index (χ2n) is 7.88. The van der Waals surface area contributed by atoms with Crippen LogP contribution >= 0.6 is 11.3 Å². The second-order valence-corrected chi connectivity index (χ2v) is 8.89. The van der Waals surface area contributed by atoms with Gasteiger partial charge in [-0.25, -0.2) is 4.98 Å². The molecule has 1 aromatic heterocycles. The van der Waals surface area contributed by atoms with Crippen LogP contribution in [0.5, 0.6) is 5.75 Å². The Morgan fingerprint density at radius 3 is 2.24 bits per heavy atom. The molecule has 5 aromatic rings. The molecule has 1 heterocycles. The molecule has 0 saturated heterocycles. The third kappa shape index (κ3) is 4.70. The van der Waals surface area contributed by atoms with E-state index in [1.165, 1.54) is 11.3 Å². The number of benzene rings is 4. The van der Waals surface area contributed by atoms with Crippen LogP contribution in [0, 0.1) is 0 Å². The molecule has 0 unspecified atom stereocenters. The molecule has 4 nitrogen and oxygen atoms in total. The third-order valence-electron chi connectivity index (χ3n) is 5.56. The Labute approximate surface area is 203 Å². The summed E-state index contributed by atoms with van der Waals surface area (Å²) in [5, 5.41) is 0.671. The van der Waals surface area contributed by atoms with E-state index in [1.807, 2.05) is 97.9 Å². The van der Waals surface area contributed by atoms with Crippen molar-refractivity contribution < 1.29 is 9.53 Å². The molecule has 0 bridgehead atoms. The molecule has 0 radical (unpaired) electrons. The fourth-order valence-corrected chi connectivity index (χ4v) is 4.84. The van der Waals surface area contributed by atoms with Crippen LogP contribution in [0.4, 0.5) is 5.13 Å². The number of ether oxygens (including phenoxy) is 1. The summed E-state index contributed by atoms with van der Waals surface area (Å²) >= 11 is 1.50. The second kappa shape index (κ2) is 9.89. The topological polar surface area (TPSA) is 42.4 Å². The maximum Gasteiger partial charge on any atom is 0.260 e. The highest BCUT2D eigenvalue weighted by molar-refractivity contribution is 7.22. The first-order valence-corrected chi connectivity index (χ1v) is 12.1. The van der Waals surface area contributed by atoms with Gasteiger partial charge < -0.3 is 4.74 Å². The molecule has 4 aromatic carbocycles. The maximum atomic E-state index is 13.7. The fraction of sp³-hybridized carbons (Fsp3) is 0.103. The predicted molar refractivity (Wildman–Crippen MR) is 140 cm³/mol. The van der Waals surface area contributed by atoms with Crippen LogP contribution in [0.25, 0.3) is 21.3 Å². The summed E-state index contributed by atoms with van der Waals surface area (Å²) in [6.45, 7) is 3.01. The first kappa shape index (κ1) is 21.9. The van der Waals surface area contributed by atoms with Crippen LogP contribution in [0.3, 0.4) is 0 Å². The van der Waals surface area contributed by atoms with Crippen molar-refractivity contribution in [3.63, 3.8) is 0 Å². The summed E-state index contributed by atoms with van der Waals surface area (Å²) in [4.78, 5) is 20.3. The van der Waals surface area contributed by atoms with E-state index in [0.717, 1.165) is 32.7 Å². The molecular formula is C29H24N2O2S. The average Bonchev–Trinajstić information content (AvgIpc) is 3.31. The van der Waals surface area contributed by atoms with Gasteiger partial charge in [0.15, 0.2) is 5.13 Å². The quantitative estimate of drug-likeness (QED) is 0.256. The summed E-state index contributed by atoms with van der Waals surface area (Å²) in [7, 11) is 0. The zero-order valence-corrected chi connectivity index (χ0v) is 19.7. The molecule has 1 amide bonds. The maximum absolute atomic E-state index is 13.7. The third-order valence-corrected chi connectivity index (χ3v) is 6.60. The van der Waals surface area contributed by atoms with Gasteiger partial charge in [-0.15, -0.1) is 0 Å². The number of hydrogen-bond acceptors (Lipinski definition) is 4. The minimum absolute atomic E-state index is 0.0763. The van der Waals surface area contributed by atoms with Crippen molar-refractivity contribution in [1.29, 1.82) is 0 Å². The molecule has 0 fully saturated rings. The summed E-state index contributed by atoms with van der Waals surface area (Å²) in [6.07, 6.45) is 0. The Morgan fingerprint density at radius 2 is 1.53 bits per heavy atom. The Morgan fingerprint density at radius 1 is 0.853 bits per heavy atom. The highest BCUT2D eigenvalue weighted by Gasteiger charge is 2.22. The molecule has 0 N–H and O–H groups in total. The van der Waals surface area contributed by atoms with E-state index in [2.05, 4.69) is 12.1 Å². The molecule has 0 atom stereocenters. The van der Waals surface area contributed by atoms with E-state index < -0.39 is 0 Å². The molecule has 0 spiro atoms. The van der Waals surface area contributed by atoms with Crippen LogP contribution in [-0.4, -0.2) is 17.5 Å². The minimum Gasteiger partial charge on any atom is -0.494 e. The Hall–Kier alpha value is -3.96. The Bertz CT molecular complexity index is 1400. The van der Waals surface area contributed by atoms with Crippen molar-refractivity contribution in [2.45, 2.75) is 13.5 Å². The van der Waals surface area contributed by atoms with Crippen LogP contribution in [0.15, 0.2) is 103 Å². The zero-order chi connectivity index (χ0) is 23.3. The lowest BCUT2D eigenvalue weighted by molar-refractivity contribution is 0.0985. The van der Waals surface area contributed by atoms with E-state index >= 15 is 0 Å². The van der Waals surface area contributed by atoms with E-state index in [1.54, 1.807) is 4.90 Å². The van der Waals surface area contributed by atoms with Gasteiger partial charge in [-0.1, -0.05) is 84.1 Å². The molecule has 5 heteroatoms. The van der Waals surface area contributed by atoms with Gasteiger partial charge in [0.2, 0.25) is 0 Å². The number of thiazole rings is 1. The molecule has 168 valence electrons. The van der Waals surface area contributed by atoms with Crippen LogP contribution in [0.2, 0.25) is 0 Å². The van der Waals surface area contributed by atoms with Crippen LogP contribution in [0.1, 0.15) is 22.8 Å². The lowest BCUT2D eigenvalue weighted by Crippen LogP contribution is -2.30. The molecular weight excluding hydrogens is 440 g/mol. The number of aromatic nitrogens is 1. The van der Waals surface area contributed by atoms with Gasteiger partial charge in [-0.3, -0.25) is 9.69 Å². The number of rotatable bonds is 7. The van der Waals surface area contributed by atoms with Gasteiger partial charge in [0, 0.05) is 5.56 Å². The van der Waals surface area contributed by atoms with Gasteiger partial charge in [0.25, 0.3) is 5.91 Å². The summed E-state index contributed by atoms with van der Waals surface area (Å²) in [5.41, 5.74) is 4.73. The smallest absolute Gasteiger partial charge is 0.260 e. The molecule has 0 saturated carbocycles. The monoisotopic (exact) mass is 464 g/mol. The molecule has 34 heavy (non-hydrogen) atoms. The van der Waals surface area contributed by atoms with Crippen molar-refractivity contribution >= 4 is 32.6 Å². The normalized spacial score (nSPS) is 10.9. The summed E-state index contributed by atoms with van der Waals surface area (Å²) < 4.78 is 6.63. The number of carbonyl (C=O) groups excluding carboxylic acids is 1. The molecule has 5 rings (SSSR count).